The summed E-state index contributed by atoms with van der Waals surface area (Å²) in [6.45, 7) is 4.86. The van der Waals surface area contributed by atoms with Crippen LogP contribution in [0.5, 0.6) is 0 Å². The second-order valence-electron chi connectivity index (χ2n) is 2.46. The lowest BCUT2D eigenvalue weighted by atomic mass is 10.3. The minimum Gasteiger partial charge on any atom is -0.384 e. The maximum Gasteiger partial charge on any atom is 0.153 e. The van der Waals surface area contributed by atoms with E-state index in [1.54, 1.807) is 6.33 Å². The van der Waals surface area contributed by atoms with E-state index in [1.165, 1.54) is 0 Å². The molecule has 4 nitrogen and oxygen atoms in total. The third kappa shape index (κ3) is 1.64. The highest BCUT2D eigenvalue weighted by Gasteiger charge is 2.03. The molecule has 1 aromatic heterocycles. The molecule has 2 N–H and O–H groups in total. The van der Waals surface area contributed by atoms with Crippen LogP contribution < -0.4 is 10.6 Å². The van der Waals surface area contributed by atoms with Crippen LogP contribution in [0, 0.1) is 6.92 Å². The Labute approximate surface area is 72.4 Å². The lowest BCUT2D eigenvalue weighted by Gasteiger charge is -2.09. The van der Waals surface area contributed by atoms with Crippen molar-refractivity contribution < 1.29 is 0 Å². The number of rotatable bonds is 3. The number of hydrogen-bond acceptors (Lipinski definition) is 4. The minimum absolute atomic E-state index is 0.866. The van der Waals surface area contributed by atoms with Crippen molar-refractivity contribution in [2.45, 2.75) is 13.8 Å². The molecular formula is C8H14N4. The third-order valence-corrected chi connectivity index (χ3v) is 1.63. The molecule has 12 heavy (non-hydrogen) atoms. The molecule has 0 aliphatic carbocycles. The molecule has 0 amide bonds. The highest BCUT2D eigenvalue weighted by Crippen LogP contribution is 2.19. The van der Waals surface area contributed by atoms with Crippen LogP contribution in [0.15, 0.2) is 6.33 Å². The molecule has 0 saturated heterocycles. The SMILES string of the molecule is CCNc1ncnc(C)c1NC. The van der Waals surface area contributed by atoms with Crippen LogP contribution in [-0.4, -0.2) is 23.6 Å². The second kappa shape index (κ2) is 3.90. The first-order valence-corrected chi connectivity index (χ1v) is 4.02. The van der Waals surface area contributed by atoms with Crippen LogP contribution in [0.2, 0.25) is 0 Å². The molecular weight excluding hydrogens is 152 g/mol. The Morgan fingerprint density at radius 3 is 2.75 bits per heavy atom. The predicted octanol–water partition coefficient (Wildman–Crippen LogP) is 1.26. The average molecular weight is 166 g/mol. The van der Waals surface area contributed by atoms with Crippen LogP contribution in [0.1, 0.15) is 12.6 Å². The zero-order valence-corrected chi connectivity index (χ0v) is 7.68. The largest absolute Gasteiger partial charge is 0.384 e. The van der Waals surface area contributed by atoms with Gasteiger partial charge in [0.15, 0.2) is 5.82 Å². The molecule has 0 unspecified atom stereocenters. The van der Waals surface area contributed by atoms with Gasteiger partial charge in [0, 0.05) is 13.6 Å². The Balaban J connectivity index is 3.00. The number of nitrogens with zero attached hydrogens (tertiary/aromatic N) is 2. The van der Waals surface area contributed by atoms with Gasteiger partial charge in [0.25, 0.3) is 0 Å². The van der Waals surface area contributed by atoms with Gasteiger partial charge in [-0.25, -0.2) is 9.97 Å². The van der Waals surface area contributed by atoms with Gasteiger partial charge in [0.1, 0.15) is 6.33 Å². The summed E-state index contributed by atoms with van der Waals surface area (Å²) in [5, 5.41) is 6.22. The van der Waals surface area contributed by atoms with Gasteiger partial charge in [0.05, 0.1) is 11.4 Å². The Bertz CT molecular complexity index is 259. The van der Waals surface area contributed by atoms with Crippen LogP contribution >= 0.6 is 0 Å². The molecule has 0 saturated carbocycles. The molecule has 1 aromatic rings. The van der Waals surface area contributed by atoms with E-state index in [1.807, 2.05) is 20.9 Å². The molecule has 0 aliphatic rings. The molecule has 0 spiro atoms. The monoisotopic (exact) mass is 166 g/mol. The zero-order valence-electron chi connectivity index (χ0n) is 7.68. The quantitative estimate of drug-likeness (QED) is 0.709. The first-order valence-electron chi connectivity index (χ1n) is 4.02. The van der Waals surface area contributed by atoms with Crippen molar-refractivity contribution >= 4 is 11.5 Å². The summed E-state index contributed by atoms with van der Waals surface area (Å²) in [6.07, 6.45) is 1.56. The summed E-state index contributed by atoms with van der Waals surface area (Å²) in [6, 6.07) is 0. The zero-order chi connectivity index (χ0) is 8.97. The standard InChI is InChI=1S/C8H14N4/c1-4-10-8-7(9-3)6(2)11-5-12-8/h5,9H,4H2,1-3H3,(H,10,11,12). The van der Waals surface area contributed by atoms with Crippen molar-refractivity contribution in [3.8, 4) is 0 Å². The first-order chi connectivity index (χ1) is 5.79. The van der Waals surface area contributed by atoms with Crippen molar-refractivity contribution in [2.75, 3.05) is 24.2 Å². The van der Waals surface area contributed by atoms with Crippen LogP contribution in [0.3, 0.4) is 0 Å². The predicted molar refractivity (Wildman–Crippen MR) is 50.5 cm³/mol. The van der Waals surface area contributed by atoms with E-state index in [0.29, 0.717) is 0 Å². The normalized spacial score (nSPS) is 9.58. The number of aryl methyl sites for hydroxylation is 1. The second-order valence-corrected chi connectivity index (χ2v) is 2.46. The molecule has 0 fully saturated rings. The topological polar surface area (TPSA) is 49.8 Å². The Morgan fingerprint density at radius 1 is 1.42 bits per heavy atom. The van der Waals surface area contributed by atoms with Crippen molar-refractivity contribution in [3.63, 3.8) is 0 Å². The lowest BCUT2D eigenvalue weighted by molar-refractivity contribution is 1.07. The fourth-order valence-electron chi connectivity index (χ4n) is 1.07. The molecule has 0 bridgehead atoms. The van der Waals surface area contributed by atoms with E-state index in [0.717, 1.165) is 23.7 Å². The molecule has 0 aromatic carbocycles. The molecule has 1 heterocycles. The molecule has 4 heteroatoms. The number of hydrogen-bond donors (Lipinski definition) is 2. The smallest absolute Gasteiger partial charge is 0.153 e. The number of anilines is 2. The van der Waals surface area contributed by atoms with Crippen LogP contribution in [0.25, 0.3) is 0 Å². The molecule has 66 valence electrons. The summed E-state index contributed by atoms with van der Waals surface area (Å²) < 4.78 is 0. The molecule has 0 aliphatic heterocycles. The van der Waals surface area contributed by atoms with Gasteiger partial charge in [0.2, 0.25) is 0 Å². The fraction of sp³-hybridized carbons (Fsp3) is 0.500. The van der Waals surface area contributed by atoms with Gasteiger partial charge in [-0.1, -0.05) is 0 Å². The third-order valence-electron chi connectivity index (χ3n) is 1.63. The van der Waals surface area contributed by atoms with Crippen LogP contribution in [0.4, 0.5) is 11.5 Å². The van der Waals surface area contributed by atoms with Gasteiger partial charge >= 0.3 is 0 Å². The average Bonchev–Trinajstić information content (AvgIpc) is 2.05. The summed E-state index contributed by atoms with van der Waals surface area (Å²) in [5.74, 6) is 0.868. The van der Waals surface area contributed by atoms with Gasteiger partial charge in [-0.3, -0.25) is 0 Å². The van der Waals surface area contributed by atoms with E-state index in [4.69, 9.17) is 0 Å². The summed E-state index contributed by atoms with van der Waals surface area (Å²) in [5.41, 5.74) is 1.93. The van der Waals surface area contributed by atoms with E-state index in [-0.39, 0.29) is 0 Å². The Kier molecular flexibility index (Phi) is 2.85. The van der Waals surface area contributed by atoms with Crippen molar-refractivity contribution in [1.82, 2.24) is 9.97 Å². The van der Waals surface area contributed by atoms with E-state index < -0.39 is 0 Å². The van der Waals surface area contributed by atoms with E-state index in [2.05, 4.69) is 20.6 Å². The lowest BCUT2D eigenvalue weighted by Crippen LogP contribution is -2.05. The van der Waals surface area contributed by atoms with Gasteiger partial charge < -0.3 is 10.6 Å². The highest BCUT2D eigenvalue weighted by molar-refractivity contribution is 5.65. The first kappa shape index (κ1) is 8.77. The van der Waals surface area contributed by atoms with E-state index >= 15 is 0 Å². The highest BCUT2D eigenvalue weighted by atomic mass is 15.1. The summed E-state index contributed by atoms with van der Waals surface area (Å²) >= 11 is 0. The minimum atomic E-state index is 0.866. The Morgan fingerprint density at radius 2 is 2.17 bits per heavy atom. The molecule has 1 rings (SSSR count). The van der Waals surface area contributed by atoms with Gasteiger partial charge in [-0.15, -0.1) is 0 Å². The maximum absolute atomic E-state index is 4.12. The molecule has 0 atom stereocenters. The number of nitrogens with one attached hydrogen (secondary N) is 2. The van der Waals surface area contributed by atoms with Crippen LogP contribution in [-0.2, 0) is 0 Å². The maximum atomic E-state index is 4.12. The molecule has 0 radical (unpaired) electrons. The van der Waals surface area contributed by atoms with Crippen molar-refractivity contribution in [2.24, 2.45) is 0 Å². The van der Waals surface area contributed by atoms with E-state index in [9.17, 15) is 0 Å². The van der Waals surface area contributed by atoms with Gasteiger partial charge in [-0.05, 0) is 13.8 Å². The summed E-state index contributed by atoms with van der Waals surface area (Å²) in [4.78, 5) is 8.19. The van der Waals surface area contributed by atoms with Gasteiger partial charge in [-0.2, -0.15) is 0 Å². The fourth-order valence-corrected chi connectivity index (χ4v) is 1.07. The Hall–Kier alpha value is -1.32. The van der Waals surface area contributed by atoms with Crippen molar-refractivity contribution in [1.29, 1.82) is 0 Å². The number of aromatic nitrogens is 2. The summed E-state index contributed by atoms with van der Waals surface area (Å²) in [7, 11) is 1.87. The van der Waals surface area contributed by atoms with Crippen molar-refractivity contribution in [3.05, 3.63) is 12.0 Å².